The van der Waals surface area contributed by atoms with Crippen LogP contribution in [0.3, 0.4) is 0 Å². The largest absolute Gasteiger partial charge is 0.360 e. The summed E-state index contributed by atoms with van der Waals surface area (Å²) in [7, 11) is 0. The summed E-state index contributed by atoms with van der Waals surface area (Å²) < 4.78 is 0. The maximum atomic E-state index is 11.2. The highest BCUT2D eigenvalue weighted by Crippen LogP contribution is 2.41. The predicted molar refractivity (Wildman–Crippen MR) is 86.5 cm³/mol. The maximum Gasteiger partial charge on any atom is 0.150 e. The molecular formula is C18H25NO. The average Bonchev–Trinajstić information content (AvgIpc) is 2.36. The van der Waals surface area contributed by atoms with Crippen LogP contribution in [0.25, 0.3) is 5.57 Å². The first kappa shape index (κ1) is 14.8. The third-order valence-electron chi connectivity index (χ3n) is 4.42. The summed E-state index contributed by atoms with van der Waals surface area (Å²) in [5, 5.41) is 0. The molecule has 0 bridgehead atoms. The van der Waals surface area contributed by atoms with E-state index >= 15 is 0 Å². The van der Waals surface area contributed by atoms with Crippen molar-refractivity contribution in [1.82, 2.24) is 0 Å². The molecule has 1 aliphatic heterocycles. The molecule has 20 heavy (non-hydrogen) atoms. The van der Waals surface area contributed by atoms with Gasteiger partial charge in [-0.05, 0) is 64.3 Å². The Labute approximate surface area is 122 Å². The van der Waals surface area contributed by atoms with Crippen LogP contribution in [0.15, 0.2) is 18.2 Å². The van der Waals surface area contributed by atoms with E-state index in [1.54, 1.807) is 0 Å². The Balaban J connectivity index is 2.70. The van der Waals surface area contributed by atoms with Gasteiger partial charge >= 0.3 is 0 Å². The fraction of sp³-hybridized carbons (Fsp3) is 0.500. The number of hydrogen-bond acceptors (Lipinski definition) is 2. The van der Waals surface area contributed by atoms with E-state index in [1.807, 2.05) is 13.0 Å². The number of aryl methyl sites for hydroxylation is 1. The lowest BCUT2D eigenvalue weighted by Crippen LogP contribution is -2.50. The lowest BCUT2D eigenvalue weighted by Gasteiger charge is -2.47. The summed E-state index contributed by atoms with van der Waals surface area (Å²) >= 11 is 0. The third-order valence-corrected chi connectivity index (χ3v) is 4.42. The minimum Gasteiger partial charge on any atom is -0.360 e. The van der Waals surface area contributed by atoms with Gasteiger partial charge in [-0.1, -0.05) is 13.0 Å². The standard InChI is InChI=1S/C18H25NO/c1-7-14(4)19-17-8-12(2)15(11-20)9-16(17)13(3)10-18(19,5)6/h8-11,14H,7H2,1-6H3. The molecule has 2 heteroatoms. The first-order chi connectivity index (χ1) is 9.31. The Morgan fingerprint density at radius 2 is 1.95 bits per heavy atom. The Bertz CT molecular complexity index is 569. The molecule has 1 atom stereocenters. The number of aldehydes is 1. The topological polar surface area (TPSA) is 20.3 Å². The number of hydrogen-bond donors (Lipinski definition) is 0. The summed E-state index contributed by atoms with van der Waals surface area (Å²) in [6, 6.07) is 4.67. The molecule has 1 aromatic rings. The van der Waals surface area contributed by atoms with E-state index in [1.165, 1.54) is 16.8 Å². The van der Waals surface area contributed by atoms with Gasteiger partial charge in [-0.2, -0.15) is 0 Å². The fourth-order valence-corrected chi connectivity index (χ4v) is 3.33. The molecular weight excluding hydrogens is 246 g/mol. The second-order valence-electron chi connectivity index (χ2n) is 6.45. The number of rotatable bonds is 3. The summed E-state index contributed by atoms with van der Waals surface area (Å²) in [4.78, 5) is 13.7. The summed E-state index contributed by atoms with van der Waals surface area (Å²) in [5.74, 6) is 0. The maximum absolute atomic E-state index is 11.2. The molecule has 1 aliphatic rings. The normalized spacial score (nSPS) is 18.3. The zero-order valence-electron chi connectivity index (χ0n) is 13.4. The van der Waals surface area contributed by atoms with Crippen LogP contribution < -0.4 is 4.90 Å². The van der Waals surface area contributed by atoms with Crippen molar-refractivity contribution in [3.8, 4) is 0 Å². The molecule has 0 radical (unpaired) electrons. The first-order valence-electron chi connectivity index (χ1n) is 7.40. The summed E-state index contributed by atoms with van der Waals surface area (Å²) in [6.07, 6.45) is 4.37. The van der Waals surface area contributed by atoms with E-state index in [9.17, 15) is 4.79 Å². The van der Waals surface area contributed by atoms with Crippen molar-refractivity contribution >= 4 is 17.5 Å². The van der Waals surface area contributed by atoms with Gasteiger partial charge < -0.3 is 4.90 Å². The Kier molecular flexibility index (Phi) is 3.77. The molecule has 108 valence electrons. The molecule has 2 rings (SSSR count). The highest BCUT2D eigenvalue weighted by atomic mass is 16.1. The number of anilines is 1. The van der Waals surface area contributed by atoms with Crippen molar-refractivity contribution < 1.29 is 4.79 Å². The molecule has 2 nitrogen and oxygen atoms in total. The Morgan fingerprint density at radius 3 is 2.50 bits per heavy atom. The zero-order chi connectivity index (χ0) is 15.1. The molecule has 0 aromatic heterocycles. The van der Waals surface area contributed by atoms with Crippen molar-refractivity contribution in [3.05, 3.63) is 34.9 Å². The van der Waals surface area contributed by atoms with E-state index in [4.69, 9.17) is 0 Å². The van der Waals surface area contributed by atoms with Crippen LogP contribution in [0.1, 0.15) is 62.5 Å². The van der Waals surface area contributed by atoms with Gasteiger partial charge in [-0.3, -0.25) is 4.79 Å². The van der Waals surface area contributed by atoms with Gasteiger partial charge in [-0.15, -0.1) is 0 Å². The van der Waals surface area contributed by atoms with Crippen molar-refractivity contribution in [2.24, 2.45) is 0 Å². The molecule has 1 unspecified atom stereocenters. The van der Waals surface area contributed by atoms with Crippen LogP contribution in [0.5, 0.6) is 0 Å². The van der Waals surface area contributed by atoms with Gasteiger partial charge in [0.1, 0.15) is 6.29 Å². The lowest BCUT2D eigenvalue weighted by molar-refractivity contribution is 0.112. The molecule has 0 N–H and O–H groups in total. The molecule has 0 saturated carbocycles. The number of carbonyl (C=O) groups is 1. The Morgan fingerprint density at radius 1 is 1.30 bits per heavy atom. The van der Waals surface area contributed by atoms with E-state index in [2.05, 4.69) is 51.7 Å². The van der Waals surface area contributed by atoms with Gasteiger partial charge in [0.15, 0.2) is 0 Å². The monoisotopic (exact) mass is 271 g/mol. The summed E-state index contributed by atoms with van der Waals surface area (Å²) in [6.45, 7) is 13.2. The van der Waals surface area contributed by atoms with Crippen LogP contribution in [-0.2, 0) is 0 Å². The van der Waals surface area contributed by atoms with Crippen molar-refractivity contribution in [2.45, 2.75) is 59.5 Å². The Hall–Kier alpha value is -1.57. The van der Waals surface area contributed by atoms with Crippen molar-refractivity contribution in [3.63, 3.8) is 0 Å². The van der Waals surface area contributed by atoms with Crippen LogP contribution in [0.2, 0.25) is 0 Å². The molecule has 0 amide bonds. The minimum absolute atomic E-state index is 0.00163. The van der Waals surface area contributed by atoms with Crippen molar-refractivity contribution in [2.75, 3.05) is 4.90 Å². The quantitative estimate of drug-likeness (QED) is 0.748. The number of allylic oxidation sites excluding steroid dienone is 1. The molecule has 1 heterocycles. The van der Waals surface area contributed by atoms with Crippen molar-refractivity contribution in [1.29, 1.82) is 0 Å². The number of carbonyl (C=O) groups excluding carboxylic acids is 1. The predicted octanol–water partition coefficient (Wildman–Crippen LogP) is 4.61. The molecule has 0 saturated heterocycles. The van der Waals surface area contributed by atoms with Gasteiger partial charge in [0.05, 0.1) is 5.54 Å². The smallest absolute Gasteiger partial charge is 0.150 e. The highest BCUT2D eigenvalue weighted by molar-refractivity contribution is 5.87. The average molecular weight is 271 g/mol. The number of benzene rings is 1. The zero-order valence-corrected chi connectivity index (χ0v) is 13.4. The highest BCUT2D eigenvalue weighted by Gasteiger charge is 2.34. The van der Waals surface area contributed by atoms with E-state index in [0.29, 0.717) is 6.04 Å². The van der Waals surface area contributed by atoms with Crippen LogP contribution >= 0.6 is 0 Å². The molecule has 0 aliphatic carbocycles. The minimum atomic E-state index is 0.00163. The molecule has 1 aromatic carbocycles. The van der Waals surface area contributed by atoms with Crippen LogP contribution in [-0.4, -0.2) is 17.9 Å². The SMILES string of the molecule is CCC(C)N1c2cc(C)c(C=O)cc2C(C)=CC1(C)C. The third kappa shape index (κ3) is 2.28. The van der Waals surface area contributed by atoms with E-state index < -0.39 is 0 Å². The molecule has 0 spiro atoms. The molecule has 0 fully saturated rings. The second kappa shape index (κ2) is 5.08. The fourth-order valence-electron chi connectivity index (χ4n) is 3.33. The van der Waals surface area contributed by atoms with Gasteiger partial charge in [0, 0.05) is 22.9 Å². The second-order valence-corrected chi connectivity index (χ2v) is 6.45. The van der Waals surface area contributed by atoms with Crippen LogP contribution in [0, 0.1) is 6.92 Å². The first-order valence-corrected chi connectivity index (χ1v) is 7.40. The summed E-state index contributed by atoms with van der Waals surface area (Å²) in [5.41, 5.74) is 5.55. The van der Waals surface area contributed by atoms with Gasteiger partial charge in [0.25, 0.3) is 0 Å². The van der Waals surface area contributed by atoms with Crippen LogP contribution in [0.4, 0.5) is 5.69 Å². The van der Waals surface area contributed by atoms with Gasteiger partial charge in [-0.25, -0.2) is 0 Å². The van der Waals surface area contributed by atoms with E-state index in [-0.39, 0.29) is 5.54 Å². The van der Waals surface area contributed by atoms with Gasteiger partial charge in [0.2, 0.25) is 0 Å². The number of nitrogens with zero attached hydrogens (tertiary/aromatic N) is 1. The lowest BCUT2D eigenvalue weighted by atomic mass is 9.85. The number of fused-ring (bicyclic) bond motifs is 1. The van der Waals surface area contributed by atoms with E-state index in [0.717, 1.165) is 23.8 Å².